The molecule has 0 radical (unpaired) electrons. The van der Waals surface area contributed by atoms with Crippen LogP contribution in [0.4, 0.5) is 18.0 Å². The molecular weight excluding hydrogens is 465 g/mol. The van der Waals surface area contributed by atoms with Crippen molar-refractivity contribution in [2.45, 2.75) is 76.2 Å². The molecule has 1 heterocycles. The summed E-state index contributed by atoms with van der Waals surface area (Å²) in [5.41, 5.74) is 2.22. The molecule has 4 saturated carbocycles. The fourth-order valence-electron chi connectivity index (χ4n) is 6.57. The van der Waals surface area contributed by atoms with Crippen LogP contribution >= 0.6 is 0 Å². The smallest absolute Gasteiger partial charge is 0.432 e. The summed E-state index contributed by atoms with van der Waals surface area (Å²) in [7, 11) is 0. The lowest BCUT2D eigenvalue weighted by molar-refractivity contribution is -0.142. The number of primary amides is 1. The lowest BCUT2D eigenvalue weighted by Crippen LogP contribution is -2.63. The topological polar surface area (TPSA) is 115 Å². The Morgan fingerprint density at radius 1 is 1.17 bits per heavy atom. The predicted octanol–water partition coefficient (Wildman–Crippen LogP) is 3.66. The van der Waals surface area contributed by atoms with Crippen LogP contribution in [0.25, 0.3) is 6.20 Å². The second-order valence-electron chi connectivity index (χ2n) is 10.8. The van der Waals surface area contributed by atoms with Crippen molar-refractivity contribution in [2.24, 2.45) is 23.5 Å². The largest absolute Gasteiger partial charge is 0.443 e. The van der Waals surface area contributed by atoms with Crippen molar-refractivity contribution >= 4 is 24.1 Å². The molecule has 2 atom stereocenters. The lowest BCUT2D eigenvalue weighted by atomic mass is 9.52. The summed E-state index contributed by atoms with van der Waals surface area (Å²) in [5.74, 6) is -0.725. The van der Waals surface area contributed by atoms with Crippen molar-refractivity contribution in [3.05, 3.63) is 29.6 Å². The van der Waals surface area contributed by atoms with Gasteiger partial charge >= 0.3 is 12.3 Å². The van der Waals surface area contributed by atoms with E-state index in [2.05, 4.69) is 10.6 Å². The van der Waals surface area contributed by atoms with Crippen molar-refractivity contribution in [1.82, 2.24) is 15.2 Å². The molecule has 1 aromatic heterocycles. The van der Waals surface area contributed by atoms with Gasteiger partial charge in [0, 0.05) is 25.4 Å². The van der Waals surface area contributed by atoms with Gasteiger partial charge in [-0.15, -0.1) is 0 Å². The molecule has 5 rings (SSSR count). The van der Waals surface area contributed by atoms with E-state index >= 15 is 0 Å². The number of hydrogen-bond donors (Lipinski definition) is 3. The molecule has 0 spiro atoms. The molecule has 2 unspecified atom stereocenters. The van der Waals surface area contributed by atoms with E-state index in [-0.39, 0.29) is 23.8 Å². The number of nitrogens with two attached hydrogens (primary N) is 1. The zero-order valence-electron chi connectivity index (χ0n) is 19.9. The van der Waals surface area contributed by atoms with Gasteiger partial charge < -0.3 is 25.7 Å². The van der Waals surface area contributed by atoms with E-state index in [1.165, 1.54) is 25.4 Å². The first-order valence-corrected chi connectivity index (χ1v) is 11.7. The van der Waals surface area contributed by atoms with Gasteiger partial charge in [0.2, 0.25) is 5.91 Å². The molecule has 11 heteroatoms. The van der Waals surface area contributed by atoms with Gasteiger partial charge in [-0.05, 0) is 75.8 Å². The van der Waals surface area contributed by atoms with Crippen LogP contribution in [0.1, 0.15) is 68.9 Å². The minimum absolute atomic E-state index is 0.0133. The molecule has 35 heavy (non-hydrogen) atoms. The molecule has 3 amide bonds. The van der Waals surface area contributed by atoms with E-state index < -0.39 is 40.6 Å². The average molecular weight is 497 g/mol. The van der Waals surface area contributed by atoms with E-state index in [4.69, 9.17) is 10.5 Å². The number of amides is 3. The van der Waals surface area contributed by atoms with Crippen molar-refractivity contribution < 1.29 is 32.3 Å². The highest BCUT2D eigenvalue weighted by Gasteiger charge is 2.57. The van der Waals surface area contributed by atoms with Crippen LogP contribution in [0.5, 0.6) is 0 Å². The molecular formula is C24H31F3N4O4. The fourth-order valence-corrected chi connectivity index (χ4v) is 6.57. The third kappa shape index (κ3) is 5.18. The van der Waals surface area contributed by atoms with Crippen LogP contribution in [-0.4, -0.2) is 39.7 Å². The summed E-state index contributed by atoms with van der Waals surface area (Å²) in [6.07, 6.45) is 1.71. The average Bonchev–Trinajstić information content (AvgIpc) is 3.11. The maximum absolute atomic E-state index is 14.0. The summed E-state index contributed by atoms with van der Waals surface area (Å²) in [6.45, 7) is 4.62. The first kappa shape index (κ1) is 25.1. The Morgan fingerprint density at radius 2 is 1.80 bits per heavy atom. The third-order valence-electron chi connectivity index (χ3n) is 7.41. The normalized spacial score (nSPS) is 29.9. The van der Waals surface area contributed by atoms with Gasteiger partial charge in [-0.3, -0.25) is 9.59 Å². The van der Waals surface area contributed by atoms with Gasteiger partial charge in [0.1, 0.15) is 11.3 Å². The van der Waals surface area contributed by atoms with Crippen LogP contribution < -0.4 is 16.4 Å². The van der Waals surface area contributed by atoms with Gasteiger partial charge in [0.25, 0.3) is 5.91 Å². The van der Waals surface area contributed by atoms with Gasteiger partial charge in [-0.2, -0.15) is 13.2 Å². The summed E-state index contributed by atoms with van der Waals surface area (Å²) in [4.78, 5) is 35.9. The number of carbonyl (C=O) groups excluding carboxylic acids is 3. The maximum atomic E-state index is 14.0. The number of nitrogens with zero attached hydrogens (tertiary/aromatic N) is 1. The minimum Gasteiger partial charge on any atom is -0.443 e. The van der Waals surface area contributed by atoms with Crippen molar-refractivity contribution in [1.29, 1.82) is 0 Å². The second-order valence-corrected chi connectivity index (χ2v) is 10.8. The Balaban J connectivity index is 1.55. The molecule has 4 fully saturated rings. The highest BCUT2D eigenvalue weighted by Crippen LogP contribution is 2.57. The summed E-state index contributed by atoms with van der Waals surface area (Å²) in [5, 5.41) is 5.51. The Morgan fingerprint density at radius 3 is 2.34 bits per heavy atom. The minimum atomic E-state index is -4.78. The Kier molecular flexibility index (Phi) is 6.17. The van der Waals surface area contributed by atoms with Gasteiger partial charge in [0.15, 0.2) is 0 Å². The number of carbonyl (C=O) groups is 3. The Hall–Kier alpha value is -2.98. The number of hydrogen-bond acceptors (Lipinski definition) is 4. The number of rotatable bonds is 6. The summed E-state index contributed by atoms with van der Waals surface area (Å²) in [6, 6.07) is 0.865. The number of aromatic nitrogens is 1. The number of alkyl halides is 3. The van der Waals surface area contributed by atoms with Gasteiger partial charge in [-0.1, -0.05) is 0 Å². The lowest BCUT2D eigenvalue weighted by Gasteiger charge is -2.58. The standard InChI is InChI=1S/C24H31F3N4O4/c1-13(32)30-22(2,3)5-7-31-6-4-17(19(31)24(25,26)27)20(33)29-18-15-8-14-9-16(18)12-23(10-14,11-15)35-21(28)34/h4-7,14-16,18H,8-12H2,1-3H3,(H2,28,34)(H,29,33)(H,30,32). The molecule has 0 saturated heterocycles. The number of ether oxygens (including phenoxy) is 1. The van der Waals surface area contributed by atoms with Crippen LogP contribution in [0.15, 0.2) is 18.3 Å². The maximum Gasteiger partial charge on any atom is 0.432 e. The van der Waals surface area contributed by atoms with Crippen LogP contribution in [-0.2, 0) is 15.7 Å². The molecule has 4 aliphatic rings. The van der Waals surface area contributed by atoms with E-state index in [9.17, 15) is 27.6 Å². The molecule has 1 aromatic rings. The molecule has 0 aromatic carbocycles. The van der Waals surface area contributed by atoms with Gasteiger partial charge in [-0.25, -0.2) is 4.79 Å². The van der Waals surface area contributed by atoms with E-state index in [1.54, 1.807) is 13.8 Å². The Labute approximate surface area is 201 Å². The molecule has 192 valence electrons. The van der Waals surface area contributed by atoms with Crippen molar-refractivity contribution in [2.75, 3.05) is 0 Å². The van der Waals surface area contributed by atoms with E-state index in [0.717, 1.165) is 29.9 Å². The van der Waals surface area contributed by atoms with E-state index in [0.29, 0.717) is 18.8 Å². The first-order chi connectivity index (χ1) is 16.2. The highest BCUT2D eigenvalue weighted by molar-refractivity contribution is 5.96. The van der Waals surface area contributed by atoms with Crippen LogP contribution in [0, 0.1) is 17.8 Å². The number of halogens is 3. The molecule has 4 bridgehead atoms. The van der Waals surface area contributed by atoms with E-state index in [1.807, 2.05) is 0 Å². The molecule has 4 aliphatic carbocycles. The molecule has 8 nitrogen and oxygen atoms in total. The van der Waals surface area contributed by atoms with Crippen molar-refractivity contribution in [3.8, 4) is 0 Å². The fraction of sp³-hybridized carbons (Fsp3) is 0.625. The highest BCUT2D eigenvalue weighted by atomic mass is 19.4. The SMILES string of the molecule is CC(=O)NC(C)(C)C=Cn1ccc(C(=O)NC2C3CC4CC2CC(OC(N)=O)(C4)C3)c1C(F)(F)F. The number of nitrogens with one attached hydrogen (secondary N) is 2. The third-order valence-corrected chi connectivity index (χ3v) is 7.41. The van der Waals surface area contributed by atoms with Crippen LogP contribution in [0.2, 0.25) is 0 Å². The molecule has 4 N–H and O–H groups in total. The quantitative estimate of drug-likeness (QED) is 0.557. The van der Waals surface area contributed by atoms with Gasteiger partial charge in [0.05, 0.1) is 11.1 Å². The van der Waals surface area contributed by atoms with Crippen LogP contribution in [0.3, 0.4) is 0 Å². The van der Waals surface area contributed by atoms with Crippen molar-refractivity contribution in [3.63, 3.8) is 0 Å². The Bertz CT molecular complexity index is 1050. The molecule has 0 aliphatic heterocycles. The second kappa shape index (κ2) is 8.60. The zero-order chi connectivity index (χ0) is 25.8. The predicted molar refractivity (Wildman–Crippen MR) is 121 cm³/mol. The summed E-state index contributed by atoms with van der Waals surface area (Å²) < 4.78 is 48.3. The first-order valence-electron chi connectivity index (χ1n) is 11.7. The zero-order valence-corrected chi connectivity index (χ0v) is 19.9. The monoisotopic (exact) mass is 496 g/mol. The summed E-state index contributed by atoms with van der Waals surface area (Å²) >= 11 is 0.